The second-order valence-corrected chi connectivity index (χ2v) is 10.0. The Bertz CT molecular complexity index is 1390. The number of rotatable bonds is 13. The van der Waals surface area contributed by atoms with Crippen molar-refractivity contribution in [1.29, 1.82) is 0 Å². The lowest BCUT2D eigenvalue weighted by Gasteiger charge is -2.24. The minimum Gasteiger partial charge on any atom is -0.455 e. The first-order valence-corrected chi connectivity index (χ1v) is 13.7. The highest BCUT2D eigenvalue weighted by Gasteiger charge is 2.13. The van der Waals surface area contributed by atoms with Gasteiger partial charge in [0.1, 0.15) is 11.4 Å². The maximum absolute atomic E-state index is 11.1. The van der Waals surface area contributed by atoms with E-state index in [9.17, 15) is 18.5 Å². The number of aryl methyl sites for hydroxylation is 1. The zero-order valence-electron chi connectivity index (χ0n) is 21.5. The molecule has 0 radical (unpaired) electrons. The van der Waals surface area contributed by atoms with Crippen molar-refractivity contribution in [3.63, 3.8) is 0 Å². The van der Waals surface area contributed by atoms with Crippen LogP contribution < -0.4 is 15.0 Å². The number of nitro groups is 1. The summed E-state index contributed by atoms with van der Waals surface area (Å²) >= 11 is 0. The van der Waals surface area contributed by atoms with Gasteiger partial charge in [-0.3, -0.25) is 14.7 Å². The maximum atomic E-state index is 11.1. The number of nitro benzene ring substituents is 1. The number of anilines is 2. The molecule has 202 valence electrons. The zero-order valence-corrected chi connectivity index (χ0v) is 22.3. The largest absolute Gasteiger partial charge is 0.455 e. The lowest BCUT2D eigenvalue weighted by atomic mass is 10.2. The van der Waals surface area contributed by atoms with Gasteiger partial charge in [-0.1, -0.05) is 6.07 Å². The third-order valence-corrected chi connectivity index (χ3v) is 6.46. The number of benzene rings is 3. The topological polar surface area (TPSA) is 147 Å². The number of ether oxygens (including phenoxy) is 1. The average Bonchev–Trinajstić information content (AvgIpc) is 2.87. The third-order valence-electron chi connectivity index (χ3n) is 5.66. The van der Waals surface area contributed by atoms with Crippen molar-refractivity contribution in [3.8, 4) is 11.5 Å². The van der Waals surface area contributed by atoms with E-state index in [-0.39, 0.29) is 17.9 Å². The molecule has 38 heavy (non-hydrogen) atoms. The number of nitrogens with one attached hydrogen (secondary N) is 1. The van der Waals surface area contributed by atoms with Gasteiger partial charge in [-0.25, -0.2) is 0 Å². The number of azo groups is 1. The van der Waals surface area contributed by atoms with Gasteiger partial charge in [-0.2, -0.15) is 13.5 Å². The zero-order chi connectivity index (χ0) is 27.7. The molecule has 3 rings (SSSR count). The molecule has 0 unspecified atom stereocenters. The number of non-ortho nitro benzene ring substituents is 1. The second-order valence-electron chi connectivity index (χ2n) is 8.45. The molecule has 0 heterocycles. The molecule has 0 aromatic heterocycles. The van der Waals surface area contributed by atoms with Crippen LogP contribution in [0.4, 0.5) is 28.4 Å². The lowest BCUT2D eigenvalue weighted by Crippen LogP contribution is -2.25. The fourth-order valence-corrected chi connectivity index (χ4v) is 4.19. The fraction of sp³-hybridized carbons (Fsp3) is 0.308. The maximum Gasteiger partial charge on any atom is 0.269 e. The monoisotopic (exact) mass is 541 g/mol. The van der Waals surface area contributed by atoms with Crippen LogP contribution in [0.1, 0.15) is 25.8 Å². The Labute approximate surface area is 222 Å². The van der Waals surface area contributed by atoms with Crippen LogP contribution in [-0.4, -0.2) is 43.3 Å². The van der Waals surface area contributed by atoms with Gasteiger partial charge in [0.2, 0.25) is 0 Å². The average molecular weight is 542 g/mol. The summed E-state index contributed by atoms with van der Waals surface area (Å²) in [5.74, 6) is 0.683. The van der Waals surface area contributed by atoms with Crippen LogP contribution >= 0.6 is 0 Å². The first-order valence-electron chi connectivity index (χ1n) is 12.1. The molecule has 0 saturated heterocycles. The summed E-state index contributed by atoms with van der Waals surface area (Å²) in [6.45, 7) is 7.72. The van der Waals surface area contributed by atoms with Gasteiger partial charge in [0, 0.05) is 55.3 Å². The molecular weight excluding hydrogens is 510 g/mol. The van der Waals surface area contributed by atoms with Crippen LogP contribution in [0.15, 0.2) is 70.9 Å². The van der Waals surface area contributed by atoms with Crippen LogP contribution in [0, 0.1) is 17.0 Å². The molecule has 0 aliphatic rings. The summed E-state index contributed by atoms with van der Waals surface area (Å²) in [5, 5.41) is 22.8. The van der Waals surface area contributed by atoms with Gasteiger partial charge in [0.05, 0.1) is 16.4 Å². The van der Waals surface area contributed by atoms with Crippen LogP contribution in [0.25, 0.3) is 0 Å². The molecule has 2 N–H and O–H groups in total. The summed E-state index contributed by atoms with van der Waals surface area (Å²) in [4.78, 5) is 12.4. The summed E-state index contributed by atoms with van der Waals surface area (Å²) in [6.07, 6.45) is 0.258. The van der Waals surface area contributed by atoms with Crippen molar-refractivity contribution >= 4 is 38.6 Å². The Kier molecular flexibility index (Phi) is 9.74. The molecule has 3 aromatic carbocycles. The van der Waals surface area contributed by atoms with E-state index in [0.29, 0.717) is 36.0 Å². The standard InChI is InChI=1S/C26H31N5O6S/c1-4-27-25-18-23(13-7-19(25)3)37-26-17-22(30(5-2)15-6-16-38(34,35)36)12-14-24(26)29-28-20-8-10-21(11-9-20)31(32)33/h7-14,17-18,27H,4-6,15-16H2,1-3H3,(H,34,35,36). The van der Waals surface area contributed by atoms with E-state index < -0.39 is 15.0 Å². The minimum atomic E-state index is -4.04. The van der Waals surface area contributed by atoms with E-state index in [2.05, 4.69) is 15.5 Å². The summed E-state index contributed by atoms with van der Waals surface area (Å²) in [7, 11) is -4.04. The predicted octanol–water partition coefficient (Wildman–Crippen LogP) is 6.65. The first kappa shape index (κ1) is 28.5. The molecule has 12 heteroatoms. The van der Waals surface area contributed by atoms with Gasteiger partial charge >= 0.3 is 0 Å². The highest BCUT2D eigenvalue weighted by Crippen LogP contribution is 2.37. The quantitative estimate of drug-likeness (QED) is 0.106. The Morgan fingerprint density at radius 1 is 1.05 bits per heavy atom. The van der Waals surface area contributed by atoms with Gasteiger partial charge in [-0.15, -0.1) is 5.11 Å². The van der Waals surface area contributed by atoms with Crippen LogP contribution in [0.2, 0.25) is 0 Å². The molecule has 11 nitrogen and oxygen atoms in total. The number of hydrogen-bond donors (Lipinski definition) is 2. The minimum absolute atomic E-state index is 0.0400. The van der Waals surface area contributed by atoms with Crippen LogP contribution in [-0.2, 0) is 10.1 Å². The van der Waals surface area contributed by atoms with E-state index in [1.165, 1.54) is 24.3 Å². The van der Waals surface area contributed by atoms with Crippen molar-refractivity contribution in [1.82, 2.24) is 0 Å². The highest BCUT2D eigenvalue weighted by atomic mass is 32.2. The fourth-order valence-electron chi connectivity index (χ4n) is 3.70. The van der Waals surface area contributed by atoms with Gasteiger partial charge in [-0.05, 0) is 63.1 Å². The smallest absolute Gasteiger partial charge is 0.269 e. The molecular formula is C26H31N5O6S. The second kappa shape index (κ2) is 13.0. The molecule has 0 bridgehead atoms. The van der Waals surface area contributed by atoms with Crippen molar-refractivity contribution in [3.05, 3.63) is 76.3 Å². The Morgan fingerprint density at radius 3 is 2.42 bits per heavy atom. The molecule has 0 spiro atoms. The van der Waals surface area contributed by atoms with Crippen molar-refractivity contribution in [2.24, 2.45) is 10.2 Å². The Hall–Kier alpha value is -4.03. The first-order chi connectivity index (χ1) is 18.1. The molecule has 0 fully saturated rings. The van der Waals surface area contributed by atoms with E-state index in [4.69, 9.17) is 9.29 Å². The van der Waals surface area contributed by atoms with Crippen molar-refractivity contribution in [2.75, 3.05) is 35.6 Å². The van der Waals surface area contributed by atoms with E-state index in [1.807, 2.05) is 49.9 Å². The van der Waals surface area contributed by atoms with Gasteiger partial charge in [0.15, 0.2) is 5.75 Å². The highest BCUT2D eigenvalue weighted by molar-refractivity contribution is 7.85. The summed E-state index contributed by atoms with van der Waals surface area (Å²) in [5.41, 5.74) is 3.63. The summed E-state index contributed by atoms with van der Waals surface area (Å²) < 4.78 is 37.6. The van der Waals surface area contributed by atoms with Gasteiger partial charge < -0.3 is 15.0 Å². The Morgan fingerprint density at radius 2 is 1.79 bits per heavy atom. The Balaban J connectivity index is 1.94. The van der Waals surface area contributed by atoms with Crippen molar-refractivity contribution in [2.45, 2.75) is 27.2 Å². The molecule has 0 atom stereocenters. The van der Waals surface area contributed by atoms with E-state index >= 15 is 0 Å². The van der Waals surface area contributed by atoms with Crippen molar-refractivity contribution < 1.29 is 22.6 Å². The molecule has 0 amide bonds. The normalized spacial score (nSPS) is 11.5. The van der Waals surface area contributed by atoms with E-state index in [1.54, 1.807) is 12.1 Å². The van der Waals surface area contributed by atoms with Gasteiger partial charge in [0.25, 0.3) is 15.8 Å². The third kappa shape index (κ3) is 8.25. The number of nitrogens with zero attached hydrogens (tertiary/aromatic N) is 4. The predicted molar refractivity (Wildman–Crippen MR) is 148 cm³/mol. The summed E-state index contributed by atoms with van der Waals surface area (Å²) in [6, 6.07) is 16.8. The molecule has 0 saturated carbocycles. The van der Waals surface area contributed by atoms with E-state index in [0.717, 1.165) is 23.5 Å². The molecule has 0 aliphatic carbocycles. The number of hydrogen-bond acceptors (Lipinski definition) is 9. The molecule has 0 aliphatic heterocycles. The molecule has 3 aromatic rings. The SMILES string of the molecule is CCNc1cc(Oc2cc(N(CC)CCCS(=O)(=O)O)ccc2N=Nc2ccc([N+](=O)[O-])cc2)ccc1C. The lowest BCUT2D eigenvalue weighted by molar-refractivity contribution is -0.384. The van der Waals surface area contributed by atoms with Crippen LogP contribution in [0.5, 0.6) is 11.5 Å². The van der Waals surface area contributed by atoms with Crippen LogP contribution in [0.3, 0.4) is 0 Å².